The van der Waals surface area contributed by atoms with E-state index in [0.29, 0.717) is 18.8 Å². The van der Waals surface area contributed by atoms with E-state index in [2.05, 4.69) is 5.32 Å². The minimum atomic E-state index is -0.524. The first kappa shape index (κ1) is 10.4. The number of nitrogens with one attached hydrogen (secondary N) is 1. The van der Waals surface area contributed by atoms with Crippen LogP contribution in [0.5, 0.6) is 0 Å². The van der Waals surface area contributed by atoms with Crippen molar-refractivity contribution in [3.05, 3.63) is 35.8 Å². The highest BCUT2D eigenvalue weighted by Crippen LogP contribution is 2.10. The van der Waals surface area contributed by atoms with E-state index in [1.165, 1.54) is 0 Å². The number of hydrogen-bond donors (Lipinski definition) is 2. The van der Waals surface area contributed by atoms with Gasteiger partial charge in [0.2, 0.25) is 0 Å². The Balaban J connectivity index is 2.76. The van der Waals surface area contributed by atoms with Crippen LogP contribution in [0.15, 0.2) is 35.8 Å². The van der Waals surface area contributed by atoms with Gasteiger partial charge in [0.1, 0.15) is 5.57 Å². The summed E-state index contributed by atoms with van der Waals surface area (Å²) in [6.07, 6.45) is 6.19. The van der Waals surface area contributed by atoms with Gasteiger partial charge in [-0.25, -0.2) is 4.79 Å². The van der Waals surface area contributed by atoms with E-state index >= 15 is 0 Å². The summed E-state index contributed by atoms with van der Waals surface area (Å²) in [6, 6.07) is 0. The molecule has 0 fully saturated rings. The highest BCUT2D eigenvalue weighted by atomic mass is 16.5. The molecule has 1 aliphatic heterocycles. The lowest BCUT2D eigenvalue weighted by atomic mass is 10.1. The Bertz CT molecular complexity index is 302. The van der Waals surface area contributed by atoms with Crippen LogP contribution in [0.2, 0.25) is 0 Å². The zero-order chi connectivity index (χ0) is 10.4. The molecular formula is C10H13NO3. The molecule has 1 rings (SSSR count). The second kappa shape index (κ2) is 5.11. The minimum Gasteiger partial charge on any atom is -0.515 e. The Kier molecular flexibility index (Phi) is 3.79. The van der Waals surface area contributed by atoms with Crippen LogP contribution in [0.4, 0.5) is 0 Å². The Hall–Kier alpha value is -1.71. The Morgan fingerprint density at radius 1 is 1.79 bits per heavy atom. The first-order chi connectivity index (χ1) is 6.79. The number of allylic oxidation sites excluding steroid dienone is 2. The van der Waals surface area contributed by atoms with Crippen LogP contribution in [0.1, 0.15) is 6.92 Å². The molecule has 2 N–H and O–H groups in total. The van der Waals surface area contributed by atoms with Crippen LogP contribution >= 0.6 is 0 Å². The SMILES string of the molecule is CCOC(=O)/C(=C\O)C1=CC=CCN1. The second-order valence-electron chi connectivity index (χ2n) is 2.65. The number of carbonyl (C=O) groups is 1. The van der Waals surface area contributed by atoms with Crippen LogP contribution in [-0.2, 0) is 9.53 Å². The number of aliphatic hydroxyl groups excluding tert-OH is 1. The normalized spacial score (nSPS) is 15.8. The van der Waals surface area contributed by atoms with Gasteiger partial charge in [0.05, 0.1) is 18.6 Å². The van der Waals surface area contributed by atoms with Crippen LogP contribution in [-0.4, -0.2) is 24.2 Å². The lowest BCUT2D eigenvalue weighted by Crippen LogP contribution is -2.22. The van der Waals surface area contributed by atoms with Gasteiger partial charge in [-0.05, 0) is 13.0 Å². The molecule has 0 unspecified atom stereocenters. The molecule has 76 valence electrons. The average molecular weight is 195 g/mol. The number of ether oxygens (including phenoxy) is 1. The summed E-state index contributed by atoms with van der Waals surface area (Å²) in [5.41, 5.74) is 0.727. The maximum Gasteiger partial charge on any atom is 0.343 e. The van der Waals surface area contributed by atoms with Gasteiger partial charge in [-0.2, -0.15) is 0 Å². The van der Waals surface area contributed by atoms with E-state index in [1.54, 1.807) is 13.0 Å². The first-order valence-corrected chi connectivity index (χ1v) is 4.42. The Morgan fingerprint density at radius 3 is 3.07 bits per heavy atom. The van der Waals surface area contributed by atoms with Crippen molar-refractivity contribution in [1.82, 2.24) is 5.32 Å². The molecule has 0 bridgehead atoms. The maximum absolute atomic E-state index is 11.3. The van der Waals surface area contributed by atoms with Crippen molar-refractivity contribution >= 4 is 5.97 Å². The molecule has 0 radical (unpaired) electrons. The number of carbonyl (C=O) groups excluding carboxylic acids is 1. The molecule has 0 aromatic carbocycles. The monoisotopic (exact) mass is 195 g/mol. The van der Waals surface area contributed by atoms with Crippen molar-refractivity contribution in [2.24, 2.45) is 0 Å². The number of dihydropyridines is 1. The molecule has 0 aromatic heterocycles. The van der Waals surface area contributed by atoms with Gasteiger partial charge in [-0.1, -0.05) is 12.2 Å². The molecular weight excluding hydrogens is 182 g/mol. The fraction of sp³-hybridized carbons (Fsp3) is 0.300. The van der Waals surface area contributed by atoms with Crippen molar-refractivity contribution in [3.63, 3.8) is 0 Å². The lowest BCUT2D eigenvalue weighted by Gasteiger charge is -2.13. The Morgan fingerprint density at radius 2 is 2.57 bits per heavy atom. The number of rotatable bonds is 3. The maximum atomic E-state index is 11.3. The van der Waals surface area contributed by atoms with Gasteiger partial charge in [-0.3, -0.25) is 0 Å². The van der Waals surface area contributed by atoms with Gasteiger partial charge < -0.3 is 15.2 Å². The van der Waals surface area contributed by atoms with Gasteiger partial charge in [0.25, 0.3) is 0 Å². The minimum absolute atomic E-state index is 0.149. The van der Waals surface area contributed by atoms with Crippen molar-refractivity contribution in [2.75, 3.05) is 13.2 Å². The topological polar surface area (TPSA) is 58.6 Å². The van der Waals surface area contributed by atoms with Gasteiger partial charge in [0, 0.05) is 6.54 Å². The predicted molar refractivity (Wildman–Crippen MR) is 52.6 cm³/mol. The summed E-state index contributed by atoms with van der Waals surface area (Å²) in [7, 11) is 0. The summed E-state index contributed by atoms with van der Waals surface area (Å²) in [6.45, 7) is 2.65. The quantitative estimate of drug-likeness (QED) is 0.401. The van der Waals surface area contributed by atoms with Crippen LogP contribution in [0, 0.1) is 0 Å². The molecule has 4 nitrogen and oxygen atoms in total. The standard InChI is InChI=1S/C10H13NO3/c1-2-14-10(13)8(7-12)9-5-3-4-6-11-9/h3-5,7,11-12H,2,6H2,1H3/b8-7-. The van der Waals surface area contributed by atoms with Crippen LogP contribution < -0.4 is 5.32 Å². The lowest BCUT2D eigenvalue weighted by molar-refractivity contribution is -0.138. The zero-order valence-electron chi connectivity index (χ0n) is 7.99. The summed E-state index contributed by atoms with van der Waals surface area (Å²) in [4.78, 5) is 11.3. The molecule has 0 spiro atoms. The van der Waals surface area contributed by atoms with E-state index < -0.39 is 5.97 Å². The number of esters is 1. The predicted octanol–water partition coefficient (Wildman–Crippen LogP) is 1.03. The van der Waals surface area contributed by atoms with E-state index in [-0.39, 0.29) is 5.57 Å². The highest BCUT2D eigenvalue weighted by Gasteiger charge is 2.15. The van der Waals surface area contributed by atoms with Gasteiger partial charge >= 0.3 is 5.97 Å². The van der Waals surface area contributed by atoms with Crippen molar-refractivity contribution < 1.29 is 14.6 Å². The van der Waals surface area contributed by atoms with Gasteiger partial charge in [-0.15, -0.1) is 0 Å². The molecule has 0 atom stereocenters. The third-order valence-corrected chi connectivity index (χ3v) is 1.72. The fourth-order valence-electron chi connectivity index (χ4n) is 1.09. The number of aliphatic hydroxyl groups is 1. The van der Waals surface area contributed by atoms with Crippen molar-refractivity contribution in [2.45, 2.75) is 6.92 Å². The van der Waals surface area contributed by atoms with Crippen molar-refractivity contribution in [1.29, 1.82) is 0 Å². The smallest absolute Gasteiger partial charge is 0.343 e. The third-order valence-electron chi connectivity index (χ3n) is 1.72. The second-order valence-corrected chi connectivity index (χ2v) is 2.65. The largest absolute Gasteiger partial charge is 0.515 e. The summed E-state index contributed by atoms with van der Waals surface area (Å²) in [5.74, 6) is -0.524. The summed E-state index contributed by atoms with van der Waals surface area (Å²) < 4.78 is 4.78. The molecule has 14 heavy (non-hydrogen) atoms. The summed E-state index contributed by atoms with van der Waals surface area (Å²) in [5, 5.41) is 11.9. The molecule has 1 aliphatic rings. The highest BCUT2D eigenvalue weighted by molar-refractivity contribution is 5.93. The van der Waals surface area contributed by atoms with E-state index in [0.717, 1.165) is 6.26 Å². The fourth-order valence-corrected chi connectivity index (χ4v) is 1.09. The van der Waals surface area contributed by atoms with E-state index in [9.17, 15) is 4.79 Å². The average Bonchev–Trinajstić information content (AvgIpc) is 2.21. The molecule has 0 saturated heterocycles. The van der Waals surface area contributed by atoms with Crippen LogP contribution in [0.25, 0.3) is 0 Å². The molecule has 0 saturated carbocycles. The molecule has 4 heteroatoms. The Labute approximate surface area is 82.6 Å². The molecule has 0 aliphatic carbocycles. The third kappa shape index (κ3) is 2.39. The molecule has 0 amide bonds. The first-order valence-electron chi connectivity index (χ1n) is 4.42. The van der Waals surface area contributed by atoms with Gasteiger partial charge in [0.15, 0.2) is 0 Å². The van der Waals surface area contributed by atoms with E-state index in [1.807, 2.05) is 12.2 Å². The molecule has 0 aromatic rings. The van der Waals surface area contributed by atoms with Crippen molar-refractivity contribution in [3.8, 4) is 0 Å². The van der Waals surface area contributed by atoms with Crippen LogP contribution in [0.3, 0.4) is 0 Å². The molecule has 1 heterocycles. The summed E-state index contributed by atoms with van der Waals surface area (Å²) >= 11 is 0. The number of hydrogen-bond acceptors (Lipinski definition) is 4. The van der Waals surface area contributed by atoms with E-state index in [4.69, 9.17) is 9.84 Å². The zero-order valence-corrected chi connectivity index (χ0v) is 7.99.